The summed E-state index contributed by atoms with van der Waals surface area (Å²) < 4.78 is 25.2. The minimum atomic E-state index is -3.39. The Morgan fingerprint density at radius 1 is 1.29 bits per heavy atom. The Morgan fingerprint density at radius 3 is 2.35 bits per heavy atom. The van der Waals surface area contributed by atoms with Crippen molar-refractivity contribution in [3.05, 3.63) is 29.8 Å². The molecule has 0 aromatic heterocycles. The molecule has 17 heavy (non-hydrogen) atoms. The normalized spacial score (nSPS) is 11.1. The predicted octanol–water partition coefficient (Wildman–Crippen LogP) is 0.695. The standard InChI is InChI=1S/C10H13ClN2O3S/c11-5-6-17(15,16)13-9-3-1-8(2-4-9)7-10(12)14/h1-4,13H,5-7H2,(H2,12,14). The van der Waals surface area contributed by atoms with E-state index in [0.29, 0.717) is 5.69 Å². The maximum absolute atomic E-state index is 11.4. The van der Waals surface area contributed by atoms with Crippen molar-refractivity contribution in [2.24, 2.45) is 5.73 Å². The van der Waals surface area contributed by atoms with E-state index in [-0.39, 0.29) is 18.1 Å². The van der Waals surface area contributed by atoms with Crippen LogP contribution >= 0.6 is 11.6 Å². The fourth-order valence-electron chi connectivity index (χ4n) is 1.22. The smallest absolute Gasteiger partial charge is 0.233 e. The van der Waals surface area contributed by atoms with Gasteiger partial charge in [0.15, 0.2) is 0 Å². The summed E-state index contributed by atoms with van der Waals surface area (Å²) in [5.74, 6) is -0.535. The Kier molecular flexibility index (Phi) is 4.77. The number of amides is 1. The molecular formula is C10H13ClN2O3S. The predicted molar refractivity (Wildman–Crippen MR) is 67.5 cm³/mol. The number of rotatable bonds is 6. The molecule has 1 amide bonds. The van der Waals surface area contributed by atoms with E-state index in [0.717, 1.165) is 5.56 Å². The Balaban J connectivity index is 2.72. The van der Waals surface area contributed by atoms with Gasteiger partial charge in [-0.25, -0.2) is 8.42 Å². The van der Waals surface area contributed by atoms with Crippen molar-refractivity contribution in [3.8, 4) is 0 Å². The summed E-state index contributed by atoms with van der Waals surface area (Å²) in [6.07, 6.45) is 0.134. The van der Waals surface area contributed by atoms with Gasteiger partial charge >= 0.3 is 0 Å². The van der Waals surface area contributed by atoms with Crippen molar-refractivity contribution in [1.82, 2.24) is 0 Å². The molecule has 5 nitrogen and oxygen atoms in total. The van der Waals surface area contributed by atoms with Crippen molar-refractivity contribution < 1.29 is 13.2 Å². The fourth-order valence-corrected chi connectivity index (χ4v) is 2.63. The van der Waals surface area contributed by atoms with Crippen molar-refractivity contribution in [1.29, 1.82) is 0 Å². The highest BCUT2D eigenvalue weighted by molar-refractivity contribution is 7.92. The molecule has 1 rings (SSSR count). The lowest BCUT2D eigenvalue weighted by Gasteiger charge is -2.07. The van der Waals surface area contributed by atoms with Crippen molar-refractivity contribution in [2.45, 2.75) is 6.42 Å². The summed E-state index contributed by atoms with van der Waals surface area (Å²) in [5.41, 5.74) is 6.21. The van der Waals surface area contributed by atoms with Crippen LogP contribution in [0.25, 0.3) is 0 Å². The van der Waals surface area contributed by atoms with Gasteiger partial charge in [0.25, 0.3) is 0 Å². The molecule has 0 saturated heterocycles. The highest BCUT2D eigenvalue weighted by Crippen LogP contribution is 2.12. The second-order valence-electron chi connectivity index (χ2n) is 3.45. The first-order valence-corrected chi connectivity index (χ1v) is 7.05. The highest BCUT2D eigenvalue weighted by atomic mass is 35.5. The molecule has 0 heterocycles. The van der Waals surface area contributed by atoms with E-state index in [9.17, 15) is 13.2 Å². The number of nitrogens with two attached hydrogens (primary N) is 1. The van der Waals surface area contributed by atoms with Gasteiger partial charge in [0.1, 0.15) is 0 Å². The number of primary amides is 1. The number of sulfonamides is 1. The number of halogens is 1. The SMILES string of the molecule is NC(=O)Cc1ccc(NS(=O)(=O)CCCl)cc1. The number of carbonyl (C=O) groups excluding carboxylic acids is 1. The van der Waals surface area contributed by atoms with Crippen LogP contribution in [-0.2, 0) is 21.2 Å². The second-order valence-corrected chi connectivity index (χ2v) is 5.67. The molecule has 3 N–H and O–H groups in total. The number of alkyl halides is 1. The van der Waals surface area contributed by atoms with Crippen LogP contribution in [-0.4, -0.2) is 26.0 Å². The molecule has 7 heteroatoms. The quantitative estimate of drug-likeness (QED) is 0.749. The van der Waals surface area contributed by atoms with Gasteiger partial charge < -0.3 is 5.73 Å². The zero-order valence-electron chi connectivity index (χ0n) is 9.02. The molecule has 0 unspecified atom stereocenters. The van der Waals surface area contributed by atoms with Crippen LogP contribution in [0.4, 0.5) is 5.69 Å². The summed E-state index contributed by atoms with van der Waals surface area (Å²) in [5, 5.41) is 0. The minimum absolute atomic E-state index is 0.0368. The molecular weight excluding hydrogens is 264 g/mol. The minimum Gasteiger partial charge on any atom is -0.369 e. The maximum Gasteiger partial charge on any atom is 0.233 e. The van der Waals surface area contributed by atoms with Crippen LogP contribution < -0.4 is 10.5 Å². The van der Waals surface area contributed by atoms with Gasteiger partial charge in [0, 0.05) is 11.6 Å². The van der Waals surface area contributed by atoms with Crippen LogP contribution in [0.1, 0.15) is 5.56 Å². The Morgan fingerprint density at radius 2 is 1.88 bits per heavy atom. The number of carbonyl (C=O) groups is 1. The van der Waals surface area contributed by atoms with E-state index in [1.807, 2.05) is 0 Å². The molecule has 0 bridgehead atoms. The third kappa shape index (κ3) is 5.06. The van der Waals surface area contributed by atoms with Gasteiger partial charge in [0.05, 0.1) is 12.2 Å². The largest absolute Gasteiger partial charge is 0.369 e. The molecule has 0 spiro atoms. The van der Waals surface area contributed by atoms with E-state index in [4.69, 9.17) is 17.3 Å². The Hall–Kier alpha value is -1.27. The summed E-state index contributed by atoms with van der Waals surface area (Å²) in [4.78, 5) is 10.7. The van der Waals surface area contributed by atoms with Crippen LogP contribution in [0, 0.1) is 0 Å². The number of hydrogen-bond acceptors (Lipinski definition) is 3. The monoisotopic (exact) mass is 276 g/mol. The molecule has 0 aliphatic carbocycles. The number of benzene rings is 1. The van der Waals surface area contributed by atoms with E-state index >= 15 is 0 Å². The molecule has 0 radical (unpaired) electrons. The molecule has 1 aromatic carbocycles. The van der Waals surface area contributed by atoms with E-state index in [2.05, 4.69) is 4.72 Å². The summed E-state index contributed by atoms with van der Waals surface area (Å²) in [6.45, 7) is 0. The third-order valence-corrected chi connectivity index (χ3v) is 3.65. The van der Waals surface area contributed by atoms with Crippen molar-refractivity contribution >= 4 is 33.2 Å². The average molecular weight is 277 g/mol. The zero-order valence-corrected chi connectivity index (χ0v) is 10.6. The first-order valence-electron chi connectivity index (χ1n) is 4.86. The van der Waals surface area contributed by atoms with Crippen LogP contribution in [0.5, 0.6) is 0 Å². The van der Waals surface area contributed by atoms with Gasteiger partial charge in [-0.3, -0.25) is 9.52 Å². The van der Waals surface area contributed by atoms with Gasteiger partial charge in [-0.05, 0) is 17.7 Å². The molecule has 0 fully saturated rings. The lowest BCUT2D eigenvalue weighted by Crippen LogP contribution is -2.17. The topological polar surface area (TPSA) is 89.3 Å². The maximum atomic E-state index is 11.4. The summed E-state index contributed by atoms with van der Waals surface area (Å²) >= 11 is 5.36. The van der Waals surface area contributed by atoms with Crippen molar-refractivity contribution in [2.75, 3.05) is 16.4 Å². The number of hydrogen-bond donors (Lipinski definition) is 2. The number of nitrogens with one attached hydrogen (secondary N) is 1. The average Bonchev–Trinajstić information content (AvgIpc) is 2.19. The summed E-state index contributed by atoms with van der Waals surface area (Å²) in [7, 11) is -3.39. The van der Waals surface area contributed by atoms with E-state index in [1.165, 1.54) is 0 Å². The molecule has 94 valence electrons. The lowest BCUT2D eigenvalue weighted by molar-refractivity contribution is -0.117. The van der Waals surface area contributed by atoms with E-state index < -0.39 is 15.9 Å². The first kappa shape index (κ1) is 13.8. The van der Waals surface area contributed by atoms with Gasteiger partial charge in [-0.1, -0.05) is 12.1 Å². The summed E-state index contributed by atoms with van der Waals surface area (Å²) in [6, 6.07) is 6.43. The van der Waals surface area contributed by atoms with E-state index in [1.54, 1.807) is 24.3 Å². The molecule has 0 saturated carbocycles. The lowest BCUT2D eigenvalue weighted by atomic mass is 10.1. The Bertz CT molecular complexity index is 485. The third-order valence-electron chi connectivity index (χ3n) is 1.95. The van der Waals surface area contributed by atoms with Crippen LogP contribution in [0.2, 0.25) is 0 Å². The highest BCUT2D eigenvalue weighted by Gasteiger charge is 2.09. The second kappa shape index (κ2) is 5.88. The van der Waals surface area contributed by atoms with Crippen LogP contribution in [0.3, 0.4) is 0 Å². The number of anilines is 1. The van der Waals surface area contributed by atoms with Crippen LogP contribution in [0.15, 0.2) is 24.3 Å². The Labute approximate surface area is 105 Å². The van der Waals surface area contributed by atoms with Gasteiger partial charge in [-0.15, -0.1) is 11.6 Å². The van der Waals surface area contributed by atoms with Crippen molar-refractivity contribution in [3.63, 3.8) is 0 Å². The molecule has 1 aromatic rings. The molecule has 0 aliphatic heterocycles. The molecule has 0 aliphatic rings. The molecule has 0 atom stereocenters. The first-order chi connectivity index (χ1) is 7.93. The van der Waals surface area contributed by atoms with Gasteiger partial charge in [-0.2, -0.15) is 0 Å². The van der Waals surface area contributed by atoms with Gasteiger partial charge in [0.2, 0.25) is 15.9 Å². The zero-order chi connectivity index (χ0) is 12.9. The fraction of sp³-hybridized carbons (Fsp3) is 0.300.